The van der Waals surface area contributed by atoms with Crippen LogP contribution in [-0.2, 0) is 70.4 Å². The van der Waals surface area contributed by atoms with E-state index in [1.807, 2.05) is 59.1 Å². The SMILES string of the molecule is CC[C@H](C)[C@H](NC(=O)[C@H](CC(C)C)NC(=O)[C@H](Cc1cnc[nH]1)NC(=O)[C@H](CCCCN)NC(=O)[C@H](CC(C)C)NC(=O)[C@@H](NC(=O)[C@H](CCCCN)NC(=O)[C@H](CO)NC(=O)[C@H](Cc1c[nH]c2ccccc12)NC(=O)[C@H](CCSC)NC(=O)CN)[C@@H](C)CC)C(=O)N[C@@H](CCCN=C(N)N)C(N)=O. The highest BCUT2D eigenvalue weighted by Gasteiger charge is 2.39. The zero-order chi connectivity index (χ0) is 77.6. The Morgan fingerprint density at radius 1 is 0.510 bits per heavy atom. The van der Waals surface area contributed by atoms with Crippen molar-refractivity contribution < 1.29 is 62.6 Å². The summed E-state index contributed by atoms with van der Waals surface area (Å²) in [6.07, 6.45) is 8.94. The molecule has 0 aliphatic rings. The van der Waals surface area contributed by atoms with Gasteiger partial charge in [-0.1, -0.05) is 86.4 Å². The topological polar surface area (TPSA) is 570 Å². The molecule has 13 atom stereocenters. The number of aromatic nitrogens is 3. The Balaban J connectivity index is 1.94. The normalized spacial score (nSPS) is 15.1. The van der Waals surface area contributed by atoms with Gasteiger partial charge in [0.2, 0.25) is 70.9 Å². The van der Waals surface area contributed by atoms with Gasteiger partial charge in [0.15, 0.2) is 5.96 Å². The molecule has 0 saturated carbocycles. The number of nitrogens with zero attached hydrogens (tertiary/aromatic N) is 2. The predicted molar refractivity (Wildman–Crippen MR) is 397 cm³/mol. The summed E-state index contributed by atoms with van der Waals surface area (Å²) in [5.41, 5.74) is 35.6. The summed E-state index contributed by atoms with van der Waals surface area (Å²) in [6.45, 7) is 13.5. The zero-order valence-corrected chi connectivity index (χ0v) is 62.5. The largest absolute Gasteiger partial charge is 0.394 e. The molecule has 582 valence electrons. The second kappa shape index (κ2) is 47.4. The van der Waals surface area contributed by atoms with Crippen LogP contribution in [0.5, 0.6) is 0 Å². The minimum Gasteiger partial charge on any atom is -0.394 e. The Morgan fingerprint density at radius 3 is 1.41 bits per heavy atom. The highest BCUT2D eigenvalue weighted by molar-refractivity contribution is 7.98. The van der Waals surface area contributed by atoms with E-state index in [0.717, 1.165) is 10.9 Å². The molecule has 26 N–H and O–H groups in total. The molecule has 3 aromatic rings. The maximum atomic E-state index is 14.7. The van der Waals surface area contributed by atoms with Crippen LogP contribution in [-0.4, -0.2) is 208 Å². The third kappa shape index (κ3) is 31.2. The number of aliphatic hydroxyl groups is 1. The molecule has 2 heterocycles. The molecule has 0 spiro atoms. The molecule has 35 heteroatoms. The summed E-state index contributed by atoms with van der Waals surface area (Å²) < 4.78 is 0. The van der Waals surface area contributed by atoms with E-state index in [-0.39, 0.29) is 88.8 Å². The molecule has 3 rings (SSSR count). The lowest BCUT2D eigenvalue weighted by atomic mass is 9.95. The predicted octanol–water partition coefficient (Wildman–Crippen LogP) is -2.31. The third-order valence-corrected chi connectivity index (χ3v) is 18.3. The van der Waals surface area contributed by atoms with Gasteiger partial charge in [0.1, 0.15) is 66.5 Å². The van der Waals surface area contributed by atoms with Gasteiger partial charge in [-0.15, -0.1) is 0 Å². The number of primary amides is 1. The monoisotopic (exact) mass is 1480 g/mol. The molecule has 0 saturated heterocycles. The van der Waals surface area contributed by atoms with Gasteiger partial charge in [0.05, 0.1) is 19.5 Å². The van der Waals surface area contributed by atoms with Crippen LogP contribution in [0.3, 0.4) is 0 Å². The number of guanidine groups is 1. The van der Waals surface area contributed by atoms with Crippen LogP contribution in [0.4, 0.5) is 0 Å². The first-order valence-corrected chi connectivity index (χ1v) is 37.2. The van der Waals surface area contributed by atoms with Gasteiger partial charge in [-0.3, -0.25) is 62.5 Å². The Labute approximate surface area is 613 Å². The molecule has 12 amide bonds. The number of fused-ring (bicyclic) bond motifs is 1. The summed E-state index contributed by atoms with van der Waals surface area (Å²) in [4.78, 5) is 183. The van der Waals surface area contributed by atoms with Gasteiger partial charge in [-0.25, -0.2) is 4.98 Å². The number of aliphatic hydroxyl groups excluding tert-OH is 1. The highest BCUT2D eigenvalue weighted by atomic mass is 32.2. The van der Waals surface area contributed by atoms with Gasteiger partial charge < -0.3 is 108 Å². The number of benzene rings is 1. The molecular weight excluding hydrogens is 1360 g/mol. The van der Waals surface area contributed by atoms with Crippen LogP contribution in [0.15, 0.2) is 48.0 Å². The third-order valence-electron chi connectivity index (χ3n) is 17.6. The number of thioether (sulfide) groups is 1. The maximum Gasteiger partial charge on any atom is 0.245 e. The number of carbonyl (C=O) groups excluding carboxylic acids is 12. The van der Waals surface area contributed by atoms with Gasteiger partial charge in [0.25, 0.3) is 0 Å². The Morgan fingerprint density at radius 2 is 0.942 bits per heavy atom. The van der Waals surface area contributed by atoms with Crippen molar-refractivity contribution in [3.8, 4) is 0 Å². The fraction of sp³-hybridized carbons (Fsp3) is 0.652. The smallest absolute Gasteiger partial charge is 0.245 e. The van der Waals surface area contributed by atoms with Gasteiger partial charge in [-0.05, 0) is 131 Å². The van der Waals surface area contributed by atoms with E-state index in [1.165, 1.54) is 24.3 Å². The first-order chi connectivity index (χ1) is 49.4. The fourth-order valence-corrected chi connectivity index (χ4v) is 11.8. The number of aromatic amines is 2. The molecule has 0 unspecified atom stereocenters. The van der Waals surface area contributed by atoms with E-state index in [1.54, 1.807) is 33.0 Å². The molecule has 0 radical (unpaired) electrons. The lowest BCUT2D eigenvalue weighted by Gasteiger charge is -2.30. The minimum atomic E-state index is -1.69. The van der Waals surface area contributed by atoms with Crippen LogP contribution in [0.2, 0.25) is 0 Å². The van der Waals surface area contributed by atoms with Crippen molar-refractivity contribution in [2.75, 3.05) is 44.8 Å². The van der Waals surface area contributed by atoms with Crippen molar-refractivity contribution in [2.24, 2.45) is 63.1 Å². The number of imidazole rings is 1. The van der Waals surface area contributed by atoms with Gasteiger partial charge in [0, 0.05) is 48.4 Å². The summed E-state index contributed by atoms with van der Waals surface area (Å²) in [7, 11) is 0. The Hall–Kier alpha value is -8.93. The van der Waals surface area contributed by atoms with Crippen LogP contribution in [0.1, 0.15) is 150 Å². The van der Waals surface area contributed by atoms with E-state index in [4.69, 9.17) is 34.4 Å². The number of hydrogen-bond donors (Lipinski definition) is 20. The number of hydrogen-bond acceptors (Lipinski definition) is 19. The van der Waals surface area contributed by atoms with Gasteiger partial charge >= 0.3 is 0 Å². The Kier molecular flexibility index (Phi) is 40.7. The van der Waals surface area contributed by atoms with E-state index in [0.29, 0.717) is 62.0 Å². The molecule has 0 fully saturated rings. The quantitative estimate of drug-likeness (QED) is 0.0160. The van der Waals surface area contributed by atoms with Crippen LogP contribution in [0, 0.1) is 23.7 Å². The van der Waals surface area contributed by atoms with Crippen LogP contribution in [0.25, 0.3) is 10.9 Å². The van der Waals surface area contributed by atoms with Crippen molar-refractivity contribution >= 4 is 99.5 Å². The number of nitrogens with two attached hydrogens (primary N) is 6. The summed E-state index contributed by atoms with van der Waals surface area (Å²) in [5.74, 6) is -10.6. The number of nitrogens with one attached hydrogen (secondary N) is 13. The number of para-hydroxylation sites is 1. The second-order valence-corrected chi connectivity index (χ2v) is 28.0. The van der Waals surface area contributed by atoms with Crippen LogP contribution >= 0.6 is 11.8 Å². The molecule has 104 heavy (non-hydrogen) atoms. The van der Waals surface area contributed by atoms with Gasteiger partial charge in [-0.2, -0.15) is 11.8 Å². The first-order valence-electron chi connectivity index (χ1n) is 35.9. The zero-order valence-electron chi connectivity index (χ0n) is 61.7. The molecule has 0 bridgehead atoms. The number of amides is 12. The number of aliphatic imine (C=N–C) groups is 1. The van der Waals surface area contributed by atoms with E-state index < -0.39 is 162 Å². The minimum absolute atomic E-state index is 0.0149. The lowest BCUT2D eigenvalue weighted by Crippen LogP contribution is -2.62. The number of carbonyl (C=O) groups is 12. The average molecular weight is 1480 g/mol. The molecule has 34 nitrogen and oxygen atoms in total. The molecule has 2 aromatic heterocycles. The molecule has 0 aliphatic heterocycles. The Bertz CT molecular complexity index is 3260. The summed E-state index contributed by atoms with van der Waals surface area (Å²) in [6, 6.07) is -7.26. The first kappa shape index (κ1) is 89.3. The number of H-pyrrole nitrogens is 2. The van der Waals surface area contributed by atoms with Crippen molar-refractivity contribution in [1.29, 1.82) is 0 Å². The van der Waals surface area contributed by atoms with Crippen molar-refractivity contribution in [2.45, 2.75) is 218 Å². The summed E-state index contributed by atoms with van der Waals surface area (Å²) >= 11 is 1.43. The summed E-state index contributed by atoms with van der Waals surface area (Å²) in [5, 5.41) is 41.3. The molecular formula is C69H117N21O13S. The van der Waals surface area contributed by atoms with E-state index in [2.05, 4.69) is 78.4 Å². The van der Waals surface area contributed by atoms with Crippen LogP contribution < -0.4 is 92.9 Å². The second-order valence-electron chi connectivity index (χ2n) is 27.0. The fourth-order valence-electron chi connectivity index (χ4n) is 11.3. The van der Waals surface area contributed by atoms with Crippen molar-refractivity contribution in [1.82, 2.24) is 73.4 Å². The maximum absolute atomic E-state index is 14.7. The van der Waals surface area contributed by atoms with E-state index in [9.17, 15) is 62.6 Å². The van der Waals surface area contributed by atoms with Crippen molar-refractivity contribution in [3.63, 3.8) is 0 Å². The van der Waals surface area contributed by atoms with Crippen molar-refractivity contribution in [3.05, 3.63) is 54.2 Å². The molecule has 1 aromatic carbocycles. The molecule has 0 aliphatic carbocycles. The standard InChI is InChI=1S/C69H117N21O13S/c1-10-40(7)56(67(102)81-46(58(73)93)23-18-27-77-69(74)75)90-65(100)51(30-39(5)6)84-64(99)53(32-43-35-76-37-79-43)86-59(94)47(21-14-16-25-70)82-62(97)50(29-38(3)4)87-68(103)57(41(8)11-2)89-61(96)48(22-15-17-26-71)83-66(101)54(36-91)88-63(98)52(31-42-34-78-45-20-13-12-19-44(42)45)85-60(95)49(24-28-104-9)80-55(92)33-72/h12-13,19-20,34-35,37-41,46-54,56-57,78,91H,10-11,14-18,21-33,36,70-72H2,1-9H3,(H2,73,93)(H,76,79)(H,80,92)(H,81,102)(H,82,97)(H,83,101)(H,84,99)(H,85,95)(H,86,94)(H,87,103)(H,88,98)(H,89,96)(H,90,100)(H4,74,75,77)/t40-,41-,46-,47-,48-,49-,50-,51-,52-,53-,54-,56-,57-/m0/s1. The number of unbranched alkanes of at least 4 members (excludes halogenated alkanes) is 2. The van der Waals surface area contributed by atoms with E-state index >= 15 is 0 Å². The number of rotatable bonds is 51. The average Bonchev–Trinajstić information content (AvgIpc) is 1.70. The highest BCUT2D eigenvalue weighted by Crippen LogP contribution is 2.21. The lowest BCUT2D eigenvalue weighted by molar-refractivity contribution is -0.137.